The van der Waals surface area contributed by atoms with Gasteiger partial charge in [0.2, 0.25) is 9.84 Å². The van der Waals surface area contributed by atoms with E-state index in [4.69, 9.17) is 0 Å². The van der Waals surface area contributed by atoms with Crippen LogP contribution in [-0.4, -0.2) is 40.5 Å². The molecule has 0 atom stereocenters. The van der Waals surface area contributed by atoms with Gasteiger partial charge in [-0.2, -0.15) is 0 Å². The molecule has 0 saturated heterocycles. The van der Waals surface area contributed by atoms with Gasteiger partial charge in [-0.05, 0) is 37.9 Å². The fraction of sp³-hybridized carbons (Fsp3) is 0.294. The van der Waals surface area contributed by atoms with Gasteiger partial charge in [0.1, 0.15) is 0 Å². The minimum absolute atomic E-state index is 0.329. The average Bonchev–Trinajstić information content (AvgIpc) is 2.52. The monoisotopic (exact) mass is 318 g/mol. The second-order valence-electron chi connectivity index (χ2n) is 5.40. The Labute approximate surface area is 132 Å². The predicted molar refractivity (Wildman–Crippen MR) is 88.6 cm³/mol. The predicted octanol–water partition coefficient (Wildman–Crippen LogP) is 2.17. The summed E-state index contributed by atoms with van der Waals surface area (Å²) >= 11 is 0. The van der Waals surface area contributed by atoms with E-state index in [1.807, 2.05) is 32.3 Å². The lowest BCUT2D eigenvalue weighted by Gasteiger charge is -2.13. The maximum absolute atomic E-state index is 12.8. The molecule has 0 aliphatic carbocycles. The molecular formula is C17H22N2O2S. The quantitative estimate of drug-likeness (QED) is 0.795. The molecule has 0 fully saturated rings. The van der Waals surface area contributed by atoms with Gasteiger partial charge >= 0.3 is 0 Å². The van der Waals surface area contributed by atoms with Gasteiger partial charge in [-0.25, -0.2) is 8.42 Å². The number of benzene rings is 2. The molecule has 0 bridgehead atoms. The molecule has 1 N–H and O–H groups in total. The van der Waals surface area contributed by atoms with Crippen molar-refractivity contribution in [2.75, 3.05) is 27.2 Å². The summed E-state index contributed by atoms with van der Waals surface area (Å²) in [5.74, 6) is 0. The summed E-state index contributed by atoms with van der Waals surface area (Å²) in [6.45, 7) is 2.26. The van der Waals surface area contributed by atoms with Crippen LogP contribution >= 0.6 is 0 Å². The molecule has 5 heteroatoms. The minimum Gasteiger partial charge on any atom is -0.311 e. The van der Waals surface area contributed by atoms with Crippen molar-refractivity contribution < 1.29 is 8.42 Å². The number of sulfone groups is 1. The molecule has 0 aliphatic rings. The van der Waals surface area contributed by atoms with E-state index in [-0.39, 0.29) is 0 Å². The molecule has 0 heterocycles. The maximum Gasteiger partial charge on any atom is 0.206 e. The normalized spacial score (nSPS) is 11.8. The highest BCUT2D eigenvalue weighted by Gasteiger charge is 2.20. The standard InChI is InChI=1S/C17H22N2O2S/c1-19(2)13-12-18-14-15-8-6-7-11-17(15)22(20,21)16-9-4-3-5-10-16/h3-11,18H,12-14H2,1-2H3. The molecule has 0 unspecified atom stereocenters. The van der Waals surface area contributed by atoms with E-state index in [9.17, 15) is 8.42 Å². The molecule has 2 aromatic carbocycles. The number of hydrogen-bond acceptors (Lipinski definition) is 4. The van der Waals surface area contributed by atoms with Crippen molar-refractivity contribution in [3.8, 4) is 0 Å². The first-order valence-electron chi connectivity index (χ1n) is 7.25. The first kappa shape index (κ1) is 16.7. The van der Waals surface area contributed by atoms with Crippen molar-refractivity contribution in [2.24, 2.45) is 0 Å². The van der Waals surface area contributed by atoms with E-state index < -0.39 is 9.84 Å². The molecular weight excluding hydrogens is 296 g/mol. The zero-order valence-corrected chi connectivity index (χ0v) is 13.8. The Morgan fingerprint density at radius 2 is 1.59 bits per heavy atom. The Balaban J connectivity index is 2.21. The van der Waals surface area contributed by atoms with Crippen molar-refractivity contribution >= 4 is 9.84 Å². The highest BCUT2D eigenvalue weighted by Crippen LogP contribution is 2.23. The molecule has 2 aromatic rings. The van der Waals surface area contributed by atoms with Gasteiger partial charge in [-0.3, -0.25) is 0 Å². The third-order valence-corrected chi connectivity index (χ3v) is 5.24. The zero-order chi connectivity index (χ0) is 16.0. The third kappa shape index (κ3) is 4.16. The van der Waals surface area contributed by atoms with E-state index in [1.165, 1.54) is 0 Å². The van der Waals surface area contributed by atoms with Gasteiger partial charge in [-0.1, -0.05) is 36.4 Å². The van der Waals surface area contributed by atoms with Crippen LogP contribution < -0.4 is 5.32 Å². The summed E-state index contributed by atoms with van der Waals surface area (Å²) in [5, 5.41) is 3.29. The van der Waals surface area contributed by atoms with Crippen LogP contribution in [0.4, 0.5) is 0 Å². The summed E-state index contributed by atoms with van der Waals surface area (Å²) in [4.78, 5) is 2.79. The minimum atomic E-state index is -3.47. The third-order valence-electron chi connectivity index (χ3n) is 3.37. The van der Waals surface area contributed by atoms with Crippen molar-refractivity contribution in [2.45, 2.75) is 16.3 Å². The number of hydrogen-bond donors (Lipinski definition) is 1. The Morgan fingerprint density at radius 3 is 2.27 bits per heavy atom. The van der Waals surface area contributed by atoms with Crippen molar-refractivity contribution in [3.63, 3.8) is 0 Å². The zero-order valence-electron chi connectivity index (χ0n) is 13.0. The van der Waals surface area contributed by atoms with E-state index in [1.54, 1.807) is 36.4 Å². The van der Waals surface area contributed by atoms with Gasteiger partial charge in [0.05, 0.1) is 9.79 Å². The lowest BCUT2D eigenvalue weighted by molar-refractivity contribution is 0.399. The number of nitrogens with zero attached hydrogens (tertiary/aromatic N) is 1. The van der Waals surface area contributed by atoms with Crippen LogP contribution in [-0.2, 0) is 16.4 Å². The van der Waals surface area contributed by atoms with Crippen molar-refractivity contribution in [1.29, 1.82) is 0 Å². The largest absolute Gasteiger partial charge is 0.311 e. The smallest absolute Gasteiger partial charge is 0.206 e. The fourth-order valence-electron chi connectivity index (χ4n) is 2.16. The number of nitrogens with one attached hydrogen (secondary N) is 1. The lowest BCUT2D eigenvalue weighted by atomic mass is 10.2. The summed E-state index contributed by atoms with van der Waals surface area (Å²) < 4.78 is 25.5. The van der Waals surface area contributed by atoms with E-state index in [0.29, 0.717) is 16.3 Å². The van der Waals surface area contributed by atoms with Crippen molar-refractivity contribution in [3.05, 3.63) is 60.2 Å². The highest BCUT2D eigenvalue weighted by molar-refractivity contribution is 7.91. The number of likely N-dealkylation sites (N-methyl/N-ethyl adjacent to an activating group) is 1. The van der Waals surface area contributed by atoms with Crippen LogP contribution in [0.25, 0.3) is 0 Å². The molecule has 0 radical (unpaired) electrons. The highest BCUT2D eigenvalue weighted by atomic mass is 32.2. The molecule has 0 aliphatic heterocycles. The first-order chi connectivity index (χ1) is 10.5. The van der Waals surface area contributed by atoms with Gasteiger partial charge in [0, 0.05) is 19.6 Å². The first-order valence-corrected chi connectivity index (χ1v) is 8.73. The SMILES string of the molecule is CN(C)CCNCc1ccccc1S(=O)(=O)c1ccccc1. The van der Waals surface area contributed by atoms with Crippen LogP contribution in [0.2, 0.25) is 0 Å². The van der Waals surface area contributed by atoms with Crippen LogP contribution in [0.1, 0.15) is 5.56 Å². The molecule has 22 heavy (non-hydrogen) atoms. The van der Waals surface area contributed by atoms with Gasteiger partial charge in [-0.15, -0.1) is 0 Å². The Kier molecular flexibility index (Phi) is 5.71. The lowest BCUT2D eigenvalue weighted by Crippen LogP contribution is -2.26. The summed E-state index contributed by atoms with van der Waals surface area (Å²) in [6.07, 6.45) is 0. The van der Waals surface area contributed by atoms with Crippen LogP contribution in [0.15, 0.2) is 64.4 Å². The van der Waals surface area contributed by atoms with E-state index in [2.05, 4.69) is 10.2 Å². The Bertz CT molecular complexity index is 698. The summed E-state index contributed by atoms with van der Waals surface area (Å²) in [6, 6.07) is 15.7. The average molecular weight is 318 g/mol. The van der Waals surface area contributed by atoms with E-state index >= 15 is 0 Å². The molecule has 2 rings (SSSR count). The van der Waals surface area contributed by atoms with Crippen LogP contribution in [0.5, 0.6) is 0 Å². The van der Waals surface area contributed by atoms with Crippen LogP contribution in [0, 0.1) is 0 Å². The van der Waals surface area contributed by atoms with Gasteiger partial charge < -0.3 is 10.2 Å². The topological polar surface area (TPSA) is 49.4 Å². The molecule has 118 valence electrons. The van der Waals surface area contributed by atoms with Gasteiger partial charge in [0.15, 0.2) is 0 Å². The molecule has 0 spiro atoms. The van der Waals surface area contributed by atoms with Crippen LogP contribution in [0.3, 0.4) is 0 Å². The summed E-state index contributed by atoms with van der Waals surface area (Å²) in [7, 11) is 0.545. The second kappa shape index (κ2) is 7.54. The maximum atomic E-state index is 12.8. The summed E-state index contributed by atoms with van der Waals surface area (Å²) in [5.41, 5.74) is 0.796. The Morgan fingerprint density at radius 1 is 0.955 bits per heavy atom. The Hall–Kier alpha value is -1.69. The molecule has 0 aromatic heterocycles. The van der Waals surface area contributed by atoms with Gasteiger partial charge in [0.25, 0.3) is 0 Å². The fourth-order valence-corrected chi connectivity index (χ4v) is 3.68. The number of rotatable bonds is 7. The molecule has 0 amide bonds. The van der Waals surface area contributed by atoms with Crippen molar-refractivity contribution in [1.82, 2.24) is 10.2 Å². The second-order valence-corrected chi connectivity index (χ2v) is 7.32. The molecule has 0 saturated carbocycles. The van der Waals surface area contributed by atoms with E-state index in [0.717, 1.165) is 18.7 Å². The molecule has 4 nitrogen and oxygen atoms in total.